The van der Waals surface area contributed by atoms with Crippen molar-refractivity contribution in [3.63, 3.8) is 0 Å². The molecule has 1 aromatic heterocycles. The Morgan fingerprint density at radius 1 is 1.53 bits per heavy atom. The van der Waals surface area contributed by atoms with Crippen molar-refractivity contribution in [2.45, 2.75) is 39.0 Å². The predicted molar refractivity (Wildman–Crippen MR) is 65.8 cm³/mol. The molecule has 2 amide bonds. The number of amides is 2. The Balaban J connectivity index is 2.63. The van der Waals surface area contributed by atoms with Crippen LogP contribution in [0.1, 0.15) is 20.8 Å². The van der Waals surface area contributed by atoms with Crippen molar-refractivity contribution >= 4 is 12.0 Å². The summed E-state index contributed by atoms with van der Waals surface area (Å²) in [4.78, 5) is 22.9. The van der Waals surface area contributed by atoms with Crippen LogP contribution >= 0.6 is 0 Å². The van der Waals surface area contributed by atoms with E-state index in [1.54, 1.807) is 44.9 Å². The van der Waals surface area contributed by atoms with Crippen LogP contribution in [0.3, 0.4) is 0 Å². The fourth-order valence-corrected chi connectivity index (χ4v) is 1.36. The molecule has 106 valence electrons. The van der Waals surface area contributed by atoms with E-state index in [0.29, 0.717) is 0 Å². The molecule has 0 aliphatic rings. The molecule has 0 saturated heterocycles. The first-order chi connectivity index (χ1) is 8.67. The van der Waals surface area contributed by atoms with Gasteiger partial charge in [-0.05, 0) is 20.8 Å². The van der Waals surface area contributed by atoms with Gasteiger partial charge < -0.3 is 15.8 Å². The molecule has 0 aliphatic heterocycles. The van der Waals surface area contributed by atoms with Gasteiger partial charge in [-0.15, -0.1) is 9.36 Å². The molecule has 8 heteroatoms. The quantitative estimate of drug-likeness (QED) is 0.691. The summed E-state index contributed by atoms with van der Waals surface area (Å²) in [6.07, 6.45) is 2.70. The molecule has 0 bridgehead atoms. The topological polar surface area (TPSA) is 103 Å². The highest BCUT2D eigenvalue weighted by atomic mass is 16.6. The molecule has 3 N–H and O–H groups in total. The molecular formula is C11H20N5O3+. The van der Waals surface area contributed by atoms with Gasteiger partial charge in [0.05, 0.1) is 5.21 Å². The van der Waals surface area contributed by atoms with Crippen LogP contribution in [-0.4, -0.2) is 33.5 Å². The molecule has 0 spiro atoms. The number of hydrogen-bond donors (Lipinski definition) is 2. The lowest BCUT2D eigenvalue weighted by Gasteiger charge is -2.21. The van der Waals surface area contributed by atoms with E-state index >= 15 is 0 Å². The van der Waals surface area contributed by atoms with Crippen LogP contribution in [0.15, 0.2) is 12.4 Å². The van der Waals surface area contributed by atoms with E-state index in [4.69, 9.17) is 10.5 Å². The number of nitrogens with two attached hydrogens (primary N) is 1. The molecule has 0 aromatic carbocycles. The Labute approximate surface area is 111 Å². The lowest BCUT2D eigenvalue weighted by Crippen LogP contribution is -2.49. The number of carbonyl (C=O) groups is 2. The fraction of sp³-hybridized carbons (Fsp3) is 0.636. The number of aromatic nitrogens is 3. The summed E-state index contributed by atoms with van der Waals surface area (Å²) >= 11 is 0. The number of primary amides is 1. The SMILES string of the molecule is C[n+]1ccn(C[C@H](NC(=O)OC(C)(C)C)C(N)=O)n1. The highest BCUT2D eigenvalue weighted by Gasteiger charge is 2.25. The van der Waals surface area contributed by atoms with Gasteiger partial charge >= 0.3 is 6.09 Å². The highest BCUT2D eigenvalue weighted by molar-refractivity contribution is 5.84. The zero-order valence-electron chi connectivity index (χ0n) is 11.6. The Morgan fingerprint density at radius 3 is 2.58 bits per heavy atom. The number of nitrogens with one attached hydrogen (secondary N) is 1. The molecule has 0 saturated carbocycles. The third kappa shape index (κ3) is 5.36. The van der Waals surface area contributed by atoms with Crippen LogP contribution in [0.2, 0.25) is 0 Å². The minimum absolute atomic E-state index is 0.148. The van der Waals surface area contributed by atoms with Crippen molar-refractivity contribution in [3.05, 3.63) is 12.4 Å². The van der Waals surface area contributed by atoms with Crippen molar-refractivity contribution in [1.29, 1.82) is 0 Å². The third-order valence-corrected chi connectivity index (χ3v) is 2.11. The summed E-state index contributed by atoms with van der Waals surface area (Å²) in [5.74, 6) is -0.649. The Kier molecular flexibility index (Phi) is 4.47. The number of alkyl carbamates (subject to hydrolysis) is 1. The van der Waals surface area contributed by atoms with E-state index in [1.165, 1.54) is 4.68 Å². The second-order valence-corrected chi connectivity index (χ2v) is 5.18. The molecule has 8 nitrogen and oxygen atoms in total. The second-order valence-electron chi connectivity index (χ2n) is 5.18. The van der Waals surface area contributed by atoms with Crippen molar-refractivity contribution in [3.8, 4) is 0 Å². The van der Waals surface area contributed by atoms with Gasteiger partial charge in [0.2, 0.25) is 5.91 Å². The summed E-state index contributed by atoms with van der Waals surface area (Å²) in [6, 6.07) is -0.880. The van der Waals surface area contributed by atoms with Crippen LogP contribution < -0.4 is 15.7 Å². The molecule has 0 aliphatic carbocycles. The van der Waals surface area contributed by atoms with E-state index in [1.807, 2.05) is 0 Å². The maximum absolute atomic E-state index is 11.6. The van der Waals surface area contributed by atoms with Crippen molar-refractivity contribution < 1.29 is 19.0 Å². The molecule has 0 radical (unpaired) electrons. The maximum Gasteiger partial charge on any atom is 0.408 e. The van der Waals surface area contributed by atoms with Crippen molar-refractivity contribution in [1.82, 2.24) is 15.2 Å². The van der Waals surface area contributed by atoms with Gasteiger partial charge in [0.25, 0.3) is 0 Å². The van der Waals surface area contributed by atoms with E-state index in [2.05, 4.69) is 10.5 Å². The van der Waals surface area contributed by atoms with Crippen molar-refractivity contribution in [2.24, 2.45) is 12.8 Å². The van der Waals surface area contributed by atoms with Crippen LogP contribution in [0.4, 0.5) is 4.79 Å². The minimum Gasteiger partial charge on any atom is -0.444 e. The van der Waals surface area contributed by atoms with Gasteiger partial charge in [-0.2, -0.15) is 0 Å². The van der Waals surface area contributed by atoms with E-state index in [-0.39, 0.29) is 6.54 Å². The van der Waals surface area contributed by atoms with Crippen molar-refractivity contribution in [2.75, 3.05) is 0 Å². The number of nitrogens with zero attached hydrogens (tertiary/aromatic N) is 3. The number of ether oxygens (including phenoxy) is 1. The smallest absolute Gasteiger partial charge is 0.408 e. The normalized spacial score (nSPS) is 12.8. The molecule has 0 unspecified atom stereocenters. The fourth-order valence-electron chi connectivity index (χ4n) is 1.36. The average molecular weight is 270 g/mol. The standard InChI is InChI=1S/C11H19N5O3/c1-11(2,3)19-10(18)13-8(9(12)17)7-16-6-5-15(4)14-16/h5-6,8H,7H2,1-4H3,(H2-,12,13,17,18)/p+1/t8-/m0/s1. The molecule has 0 fully saturated rings. The van der Waals surface area contributed by atoms with Gasteiger partial charge in [0, 0.05) is 0 Å². The summed E-state index contributed by atoms with van der Waals surface area (Å²) in [7, 11) is 1.75. The van der Waals surface area contributed by atoms with Gasteiger partial charge in [-0.25, -0.2) is 4.79 Å². The monoisotopic (exact) mass is 270 g/mol. The van der Waals surface area contributed by atoms with Crippen LogP contribution in [0.5, 0.6) is 0 Å². The first-order valence-electron chi connectivity index (χ1n) is 5.85. The lowest BCUT2D eigenvalue weighted by atomic mass is 10.2. The molecular weight excluding hydrogens is 250 g/mol. The summed E-state index contributed by atoms with van der Waals surface area (Å²) in [5.41, 5.74) is 4.61. The van der Waals surface area contributed by atoms with Gasteiger partial charge in [0.15, 0.2) is 18.4 Å². The second kappa shape index (κ2) is 5.68. The molecule has 19 heavy (non-hydrogen) atoms. The van der Waals surface area contributed by atoms with E-state index in [0.717, 1.165) is 0 Å². The summed E-state index contributed by atoms with van der Waals surface area (Å²) in [5, 5.41) is 6.47. The van der Waals surface area contributed by atoms with Crippen LogP contribution in [0, 0.1) is 0 Å². The van der Waals surface area contributed by atoms with E-state index < -0.39 is 23.6 Å². The largest absolute Gasteiger partial charge is 0.444 e. The number of aryl methyl sites for hydroxylation is 1. The minimum atomic E-state index is -0.880. The Hall–Kier alpha value is -2.12. The molecule has 1 aromatic rings. The predicted octanol–water partition coefficient (Wildman–Crippen LogP) is -0.914. The first-order valence-corrected chi connectivity index (χ1v) is 5.85. The van der Waals surface area contributed by atoms with E-state index in [9.17, 15) is 9.59 Å². The highest BCUT2D eigenvalue weighted by Crippen LogP contribution is 2.06. The maximum atomic E-state index is 11.6. The molecule has 1 atom stereocenters. The summed E-state index contributed by atoms with van der Waals surface area (Å²) < 4.78 is 8.15. The van der Waals surface area contributed by atoms with Gasteiger partial charge in [-0.3, -0.25) is 4.79 Å². The summed E-state index contributed by atoms with van der Waals surface area (Å²) in [6.45, 7) is 5.35. The van der Waals surface area contributed by atoms with Crippen LogP contribution in [0.25, 0.3) is 0 Å². The lowest BCUT2D eigenvalue weighted by molar-refractivity contribution is -0.732. The number of rotatable bonds is 4. The zero-order valence-corrected chi connectivity index (χ0v) is 11.6. The Morgan fingerprint density at radius 2 is 2.16 bits per heavy atom. The molecule has 1 heterocycles. The molecule has 1 rings (SSSR count). The van der Waals surface area contributed by atoms with Gasteiger partial charge in [-0.1, -0.05) is 0 Å². The van der Waals surface area contributed by atoms with Crippen LogP contribution in [-0.2, 0) is 23.1 Å². The average Bonchev–Trinajstić information content (AvgIpc) is 2.60. The zero-order chi connectivity index (χ0) is 14.6. The Bertz CT molecular complexity index is 463. The third-order valence-electron chi connectivity index (χ3n) is 2.11. The number of carbonyl (C=O) groups excluding carboxylic acids is 2. The van der Waals surface area contributed by atoms with Gasteiger partial charge in [0.1, 0.15) is 19.2 Å². The number of hydrogen-bond acceptors (Lipinski definition) is 4. The first kappa shape index (κ1) is 14.9.